The number of H-pyrrole nitrogens is 1. The molecule has 2 heterocycles. The summed E-state index contributed by atoms with van der Waals surface area (Å²) in [6, 6.07) is 27.0. The fourth-order valence-corrected chi connectivity index (χ4v) is 9.09. The van der Waals surface area contributed by atoms with Gasteiger partial charge in [-0.15, -0.1) is 11.3 Å². The van der Waals surface area contributed by atoms with Gasteiger partial charge in [0.1, 0.15) is 0 Å². The predicted octanol–water partition coefficient (Wildman–Crippen LogP) is 7.00. The van der Waals surface area contributed by atoms with Gasteiger partial charge in [-0.05, 0) is 79.4 Å². The summed E-state index contributed by atoms with van der Waals surface area (Å²) in [5.41, 5.74) is 2.48. The molecular formula is C34H36N4O2S. The summed E-state index contributed by atoms with van der Waals surface area (Å²) in [6.07, 6.45) is 6.15. The summed E-state index contributed by atoms with van der Waals surface area (Å²) in [7, 11) is 0. The first-order valence-electron chi connectivity index (χ1n) is 14.8. The Balaban J connectivity index is 1.05. The zero-order valence-electron chi connectivity index (χ0n) is 23.1. The van der Waals surface area contributed by atoms with E-state index in [-0.39, 0.29) is 17.7 Å². The fraction of sp³-hybridized carbons (Fsp3) is 0.382. The van der Waals surface area contributed by atoms with E-state index in [9.17, 15) is 9.59 Å². The molecule has 2 unspecified atom stereocenters. The number of thiophene rings is 1. The minimum atomic E-state index is -0.500. The number of hydrogen-bond acceptors (Lipinski definition) is 4. The van der Waals surface area contributed by atoms with Crippen LogP contribution >= 0.6 is 11.3 Å². The summed E-state index contributed by atoms with van der Waals surface area (Å²) in [5.74, 6) is 1.80. The molecule has 4 aromatic rings. The molecule has 0 radical (unpaired) electrons. The molecule has 4 aliphatic carbocycles. The van der Waals surface area contributed by atoms with Crippen LogP contribution in [0.2, 0.25) is 0 Å². The van der Waals surface area contributed by atoms with Crippen molar-refractivity contribution in [3.63, 3.8) is 0 Å². The average Bonchev–Trinajstić information content (AvgIpc) is 3.68. The van der Waals surface area contributed by atoms with E-state index in [0.29, 0.717) is 30.6 Å². The van der Waals surface area contributed by atoms with Crippen LogP contribution in [-0.2, 0) is 9.59 Å². The van der Waals surface area contributed by atoms with E-state index >= 15 is 0 Å². The van der Waals surface area contributed by atoms with Crippen LogP contribution in [0.15, 0.2) is 84.2 Å². The van der Waals surface area contributed by atoms with Crippen LogP contribution in [0, 0.1) is 22.7 Å². The molecule has 210 valence electrons. The second kappa shape index (κ2) is 10.6. The van der Waals surface area contributed by atoms with Crippen molar-refractivity contribution < 1.29 is 9.59 Å². The third-order valence-electron chi connectivity index (χ3n) is 9.75. The van der Waals surface area contributed by atoms with Gasteiger partial charge in [-0.2, -0.15) is 5.10 Å². The first kappa shape index (κ1) is 26.2. The van der Waals surface area contributed by atoms with Gasteiger partial charge in [-0.3, -0.25) is 14.7 Å². The molecule has 2 amide bonds. The lowest BCUT2D eigenvalue weighted by molar-refractivity contribution is -0.164. The van der Waals surface area contributed by atoms with Crippen molar-refractivity contribution in [3.8, 4) is 10.6 Å². The first-order chi connectivity index (χ1) is 20.0. The third-order valence-corrected chi connectivity index (χ3v) is 10.7. The topological polar surface area (TPSA) is 86.9 Å². The van der Waals surface area contributed by atoms with Crippen LogP contribution in [0.25, 0.3) is 10.6 Å². The Bertz CT molecular complexity index is 1460. The van der Waals surface area contributed by atoms with Crippen LogP contribution in [0.5, 0.6) is 0 Å². The summed E-state index contributed by atoms with van der Waals surface area (Å²) in [5, 5.41) is 15.9. The number of carbonyl (C=O) groups is 2. The predicted molar refractivity (Wildman–Crippen MR) is 162 cm³/mol. The van der Waals surface area contributed by atoms with E-state index in [4.69, 9.17) is 0 Å². The number of nitrogens with zero attached hydrogens (tertiary/aromatic N) is 1. The third kappa shape index (κ3) is 5.01. The number of anilines is 1. The van der Waals surface area contributed by atoms with Gasteiger partial charge < -0.3 is 10.6 Å². The molecule has 2 aromatic carbocycles. The Morgan fingerprint density at radius 2 is 1.51 bits per heavy atom. The zero-order chi connectivity index (χ0) is 27.9. The quantitative estimate of drug-likeness (QED) is 0.205. The van der Waals surface area contributed by atoms with Crippen LogP contribution in [0.4, 0.5) is 5.82 Å². The number of hydrogen-bond donors (Lipinski definition) is 3. The molecule has 7 heteroatoms. The minimum Gasteiger partial charge on any atom is -0.356 e. The van der Waals surface area contributed by atoms with E-state index in [1.54, 1.807) is 11.3 Å². The Morgan fingerprint density at radius 1 is 0.878 bits per heavy atom. The Morgan fingerprint density at radius 3 is 2.12 bits per heavy atom. The average molecular weight is 565 g/mol. The van der Waals surface area contributed by atoms with E-state index in [0.717, 1.165) is 49.1 Å². The van der Waals surface area contributed by atoms with Crippen molar-refractivity contribution >= 4 is 29.0 Å². The number of aromatic amines is 1. The van der Waals surface area contributed by atoms with Gasteiger partial charge in [0, 0.05) is 18.5 Å². The molecule has 4 bridgehead atoms. The largest absolute Gasteiger partial charge is 0.356 e. The highest BCUT2D eigenvalue weighted by Crippen LogP contribution is 2.65. The van der Waals surface area contributed by atoms with Gasteiger partial charge in [-0.1, -0.05) is 66.7 Å². The van der Waals surface area contributed by atoms with Crippen molar-refractivity contribution in [2.45, 2.75) is 50.9 Å². The molecule has 3 N–H and O–H groups in total. The molecule has 4 fully saturated rings. The second-order valence-corrected chi connectivity index (χ2v) is 13.5. The van der Waals surface area contributed by atoms with Crippen LogP contribution in [-0.4, -0.2) is 28.6 Å². The number of amides is 2. The van der Waals surface area contributed by atoms with E-state index in [2.05, 4.69) is 69.4 Å². The van der Waals surface area contributed by atoms with Gasteiger partial charge in [0.15, 0.2) is 5.82 Å². The molecule has 8 rings (SSSR count). The zero-order valence-corrected chi connectivity index (χ0v) is 24.0. The van der Waals surface area contributed by atoms with Gasteiger partial charge in [0.25, 0.3) is 0 Å². The molecule has 0 saturated heterocycles. The van der Waals surface area contributed by atoms with E-state index in [1.807, 2.05) is 35.7 Å². The normalized spacial score (nSPS) is 26.3. The van der Waals surface area contributed by atoms with E-state index < -0.39 is 10.8 Å². The minimum absolute atomic E-state index is 0.0289. The van der Waals surface area contributed by atoms with Gasteiger partial charge >= 0.3 is 0 Å². The maximum Gasteiger partial charge on any atom is 0.231 e. The van der Waals surface area contributed by atoms with Crippen molar-refractivity contribution in [1.82, 2.24) is 15.5 Å². The molecule has 0 spiro atoms. The number of benzene rings is 2. The molecule has 2 aromatic heterocycles. The summed E-state index contributed by atoms with van der Waals surface area (Å²) in [6.45, 7) is 0.613. The summed E-state index contributed by atoms with van der Waals surface area (Å²) < 4.78 is 0. The van der Waals surface area contributed by atoms with Gasteiger partial charge in [-0.25, -0.2) is 0 Å². The lowest BCUT2D eigenvalue weighted by atomic mass is 9.43. The van der Waals surface area contributed by atoms with Crippen molar-refractivity contribution in [3.05, 3.63) is 95.4 Å². The van der Waals surface area contributed by atoms with Crippen LogP contribution in [0.3, 0.4) is 0 Å². The maximum atomic E-state index is 14.0. The SMILES string of the molecule is O=C(NCCC(c1ccccc1)c1ccccc1)C12CC3CC(C1)CC(C(=O)Nc1cc(-c4cccs4)[nH]n1)(C3)C2. The van der Waals surface area contributed by atoms with Crippen molar-refractivity contribution in [2.24, 2.45) is 22.7 Å². The Labute approximate surface area is 245 Å². The lowest BCUT2D eigenvalue weighted by Crippen LogP contribution is -2.60. The summed E-state index contributed by atoms with van der Waals surface area (Å²) in [4.78, 5) is 28.9. The maximum absolute atomic E-state index is 14.0. The highest BCUT2D eigenvalue weighted by molar-refractivity contribution is 7.13. The first-order valence-corrected chi connectivity index (χ1v) is 15.7. The second-order valence-electron chi connectivity index (χ2n) is 12.5. The standard InChI is InChI=1S/C34H36N4O2S/c39-31(35-14-13-27(25-8-3-1-4-9-25)26-10-5-2-6-11-26)33-18-23-16-24(19-33)21-34(20-23,22-33)32(40)36-30-17-28(37-38-30)29-12-7-15-41-29/h1-12,15,17,23-24,27H,13-14,16,18-22H2,(H,35,39)(H2,36,37,38,40). The van der Waals surface area contributed by atoms with Crippen LogP contribution < -0.4 is 10.6 Å². The van der Waals surface area contributed by atoms with Crippen molar-refractivity contribution in [1.29, 1.82) is 0 Å². The Kier molecular flexibility index (Phi) is 6.78. The Hall–Kier alpha value is -3.71. The lowest BCUT2D eigenvalue weighted by Gasteiger charge is -2.60. The molecule has 4 aliphatic rings. The smallest absolute Gasteiger partial charge is 0.231 e. The molecular weight excluding hydrogens is 528 g/mol. The number of nitrogens with one attached hydrogen (secondary N) is 3. The fourth-order valence-electron chi connectivity index (χ4n) is 8.40. The molecule has 6 nitrogen and oxygen atoms in total. The highest BCUT2D eigenvalue weighted by Gasteiger charge is 2.63. The molecule has 0 aliphatic heterocycles. The molecule has 41 heavy (non-hydrogen) atoms. The van der Waals surface area contributed by atoms with Crippen molar-refractivity contribution in [2.75, 3.05) is 11.9 Å². The summed E-state index contributed by atoms with van der Waals surface area (Å²) >= 11 is 1.64. The number of aromatic nitrogens is 2. The number of rotatable bonds is 9. The number of carbonyl (C=O) groups excluding carboxylic acids is 2. The van der Waals surface area contributed by atoms with E-state index in [1.165, 1.54) is 11.1 Å². The highest BCUT2D eigenvalue weighted by atomic mass is 32.1. The molecule has 4 saturated carbocycles. The van der Waals surface area contributed by atoms with Gasteiger partial charge in [0.2, 0.25) is 11.8 Å². The van der Waals surface area contributed by atoms with Gasteiger partial charge in [0.05, 0.1) is 21.4 Å². The van der Waals surface area contributed by atoms with Crippen LogP contribution in [0.1, 0.15) is 62.0 Å². The molecule has 2 atom stereocenters. The monoisotopic (exact) mass is 564 g/mol.